The van der Waals surface area contributed by atoms with Crippen LogP contribution in [0.15, 0.2) is 67.3 Å². The lowest BCUT2D eigenvalue weighted by Gasteiger charge is -2.08. The molecule has 5 nitrogen and oxygen atoms in total. The Morgan fingerprint density at radius 1 is 1.12 bits per heavy atom. The largest absolute Gasteiger partial charge is 0.484 e. The van der Waals surface area contributed by atoms with Crippen molar-refractivity contribution in [1.29, 1.82) is 0 Å². The number of carbonyl (C=O) groups excluding carboxylic acids is 1. The highest BCUT2D eigenvalue weighted by Crippen LogP contribution is 2.11. The molecule has 0 atom stereocenters. The standard InChI is InChI=1S/C18H16FN3O2/c19-15-3-7-17(8-4-15)24-12-18(23)21-11-14-1-5-16(6-2-14)22-10-9-20-13-22/h1-10,13H,11-12H2,(H,21,23). The van der Waals surface area contributed by atoms with E-state index in [0.717, 1.165) is 11.3 Å². The summed E-state index contributed by atoms with van der Waals surface area (Å²) in [5.74, 6) is -0.125. The topological polar surface area (TPSA) is 56.1 Å². The van der Waals surface area contributed by atoms with E-state index in [1.54, 1.807) is 12.5 Å². The summed E-state index contributed by atoms with van der Waals surface area (Å²) in [6, 6.07) is 13.3. The van der Waals surface area contributed by atoms with E-state index in [-0.39, 0.29) is 18.3 Å². The molecule has 0 bridgehead atoms. The zero-order valence-corrected chi connectivity index (χ0v) is 12.9. The lowest BCUT2D eigenvalue weighted by atomic mass is 10.2. The van der Waals surface area contributed by atoms with Crippen LogP contribution in [0.2, 0.25) is 0 Å². The van der Waals surface area contributed by atoms with Crippen LogP contribution in [0.4, 0.5) is 4.39 Å². The average Bonchev–Trinajstić information content (AvgIpc) is 3.14. The molecule has 0 fully saturated rings. The first kappa shape index (κ1) is 15.7. The monoisotopic (exact) mass is 325 g/mol. The van der Waals surface area contributed by atoms with Crippen molar-refractivity contribution in [2.45, 2.75) is 6.54 Å². The number of carbonyl (C=O) groups is 1. The van der Waals surface area contributed by atoms with Crippen molar-refractivity contribution in [2.75, 3.05) is 6.61 Å². The van der Waals surface area contributed by atoms with Crippen LogP contribution in [0, 0.1) is 5.82 Å². The van der Waals surface area contributed by atoms with Gasteiger partial charge >= 0.3 is 0 Å². The van der Waals surface area contributed by atoms with Crippen LogP contribution < -0.4 is 10.1 Å². The summed E-state index contributed by atoms with van der Waals surface area (Å²) in [4.78, 5) is 15.8. The number of imidazole rings is 1. The number of halogens is 1. The molecule has 0 aliphatic rings. The summed E-state index contributed by atoms with van der Waals surface area (Å²) in [5, 5.41) is 2.78. The number of rotatable bonds is 6. The van der Waals surface area contributed by atoms with Gasteiger partial charge in [0.15, 0.2) is 6.61 Å². The van der Waals surface area contributed by atoms with E-state index < -0.39 is 0 Å². The molecule has 0 aliphatic heterocycles. The van der Waals surface area contributed by atoms with Crippen molar-refractivity contribution in [3.63, 3.8) is 0 Å². The predicted octanol–water partition coefficient (Wildman–Crippen LogP) is 2.71. The van der Waals surface area contributed by atoms with Crippen molar-refractivity contribution in [3.8, 4) is 11.4 Å². The molecule has 3 rings (SSSR count). The second-order valence-corrected chi connectivity index (χ2v) is 5.16. The van der Waals surface area contributed by atoms with E-state index in [4.69, 9.17) is 4.74 Å². The van der Waals surface area contributed by atoms with Crippen molar-refractivity contribution in [2.24, 2.45) is 0 Å². The van der Waals surface area contributed by atoms with E-state index in [1.807, 2.05) is 35.0 Å². The minimum Gasteiger partial charge on any atom is -0.484 e. The third-order valence-corrected chi connectivity index (χ3v) is 3.41. The first-order valence-electron chi connectivity index (χ1n) is 7.43. The first-order valence-corrected chi connectivity index (χ1v) is 7.43. The fourth-order valence-corrected chi connectivity index (χ4v) is 2.13. The Morgan fingerprint density at radius 2 is 1.88 bits per heavy atom. The van der Waals surface area contributed by atoms with Crippen molar-refractivity contribution in [3.05, 3.63) is 78.6 Å². The highest BCUT2D eigenvalue weighted by atomic mass is 19.1. The van der Waals surface area contributed by atoms with Gasteiger partial charge in [0.05, 0.1) is 6.33 Å². The zero-order valence-electron chi connectivity index (χ0n) is 12.9. The normalized spacial score (nSPS) is 10.4. The van der Waals surface area contributed by atoms with Crippen LogP contribution in [-0.4, -0.2) is 22.1 Å². The SMILES string of the molecule is O=C(COc1ccc(F)cc1)NCc1ccc(-n2ccnc2)cc1. The molecule has 0 spiro atoms. The molecular formula is C18H16FN3O2. The first-order chi connectivity index (χ1) is 11.7. The van der Waals surface area contributed by atoms with Crippen molar-refractivity contribution in [1.82, 2.24) is 14.9 Å². The number of hydrogen-bond acceptors (Lipinski definition) is 3. The van der Waals surface area contributed by atoms with Crippen LogP contribution in [0.25, 0.3) is 5.69 Å². The summed E-state index contributed by atoms with van der Waals surface area (Å²) < 4.78 is 20.0. The Bertz CT molecular complexity index is 784. The lowest BCUT2D eigenvalue weighted by Crippen LogP contribution is -2.28. The maximum atomic E-state index is 12.8. The number of ether oxygens (including phenoxy) is 1. The molecule has 1 N–H and O–H groups in total. The highest BCUT2D eigenvalue weighted by molar-refractivity contribution is 5.77. The molecule has 0 unspecified atom stereocenters. The minimum atomic E-state index is -0.342. The van der Waals surface area contributed by atoms with E-state index in [1.165, 1.54) is 24.3 Å². The minimum absolute atomic E-state index is 0.112. The third kappa shape index (κ3) is 4.19. The van der Waals surface area contributed by atoms with Gasteiger partial charge in [-0.15, -0.1) is 0 Å². The zero-order chi connectivity index (χ0) is 16.8. The van der Waals surface area contributed by atoms with Crippen LogP contribution in [0.5, 0.6) is 5.75 Å². The number of benzene rings is 2. The Kier molecular flexibility index (Phi) is 4.86. The fraction of sp³-hybridized carbons (Fsp3) is 0.111. The molecule has 2 aromatic carbocycles. The summed E-state index contributed by atoms with van der Waals surface area (Å²) in [6.45, 7) is 0.300. The maximum absolute atomic E-state index is 12.8. The molecule has 0 saturated heterocycles. The second-order valence-electron chi connectivity index (χ2n) is 5.16. The van der Waals surface area contributed by atoms with Gasteiger partial charge in [-0.1, -0.05) is 12.1 Å². The van der Waals surface area contributed by atoms with Crippen LogP contribution >= 0.6 is 0 Å². The number of hydrogen-bond donors (Lipinski definition) is 1. The van der Waals surface area contributed by atoms with Gasteiger partial charge in [0, 0.05) is 24.6 Å². The van der Waals surface area contributed by atoms with Crippen LogP contribution in [0.3, 0.4) is 0 Å². The molecule has 0 saturated carbocycles. The molecule has 1 heterocycles. The Balaban J connectivity index is 1.46. The van der Waals surface area contributed by atoms with E-state index in [2.05, 4.69) is 10.3 Å². The molecular weight excluding hydrogens is 309 g/mol. The second kappa shape index (κ2) is 7.41. The van der Waals surface area contributed by atoms with E-state index in [0.29, 0.717) is 12.3 Å². The van der Waals surface area contributed by atoms with E-state index >= 15 is 0 Å². The molecule has 24 heavy (non-hydrogen) atoms. The molecule has 3 aromatic rings. The summed E-state index contributed by atoms with van der Waals surface area (Å²) in [7, 11) is 0. The summed E-state index contributed by atoms with van der Waals surface area (Å²) >= 11 is 0. The van der Waals surface area contributed by atoms with Gasteiger partial charge in [0.25, 0.3) is 5.91 Å². The number of aromatic nitrogens is 2. The number of nitrogens with zero attached hydrogens (tertiary/aromatic N) is 2. The molecule has 122 valence electrons. The molecule has 1 amide bonds. The maximum Gasteiger partial charge on any atom is 0.258 e. The van der Waals surface area contributed by atoms with Crippen LogP contribution in [0.1, 0.15) is 5.56 Å². The van der Waals surface area contributed by atoms with Gasteiger partial charge in [-0.25, -0.2) is 9.37 Å². The molecule has 0 radical (unpaired) electrons. The van der Waals surface area contributed by atoms with E-state index in [9.17, 15) is 9.18 Å². The van der Waals surface area contributed by atoms with Gasteiger partial charge < -0.3 is 14.6 Å². The van der Waals surface area contributed by atoms with Gasteiger partial charge in [-0.3, -0.25) is 4.79 Å². The molecule has 0 aliphatic carbocycles. The Labute approximate surface area is 138 Å². The summed E-state index contributed by atoms with van der Waals surface area (Å²) in [6.07, 6.45) is 5.31. The average molecular weight is 325 g/mol. The third-order valence-electron chi connectivity index (χ3n) is 3.41. The van der Waals surface area contributed by atoms with Crippen LogP contribution in [-0.2, 0) is 11.3 Å². The van der Waals surface area contributed by atoms with Gasteiger partial charge in [-0.2, -0.15) is 0 Å². The van der Waals surface area contributed by atoms with Crippen molar-refractivity contribution < 1.29 is 13.9 Å². The fourth-order valence-electron chi connectivity index (χ4n) is 2.13. The molecule has 1 aromatic heterocycles. The van der Waals surface area contributed by atoms with Crippen molar-refractivity contribution >= 4 is 5.91 Å². The number of amides is 1. The Hall–Kier alpha value is -3.15. The highest BCUT2D eigenvalue weighted by Gasteiger charge is 2.04. The number of nitrogens with one attached hydrogen (secondary N) is 1. The molecule has 6 heteroatoms. The van der Waals surface area contributed by atoms with Gasteiger partial charge in [0.2, 0.25) is 0 Å². The smallest absolute Gasteiger partial charge is 0.258 e. The summed E-state index contributed by atoms with van der Waals surface area (Å²) in [5.41, 5.74) is 1.98. The quantitative estimate of drug-likeness (QED) is 0.758. The lowest BCUT2D eigenvalue weighted by molar-refractivity contribution is -0.123. The predicted molar refractivity (Wildman–Crippen MR) is 87.3 cm³/mol. The van der Waals surface area contributed by atoms with Gasteiger partial charge in [-0.05, 0) is 42.0 Å². The Morgan fingerprint density at radius 3 is 2.54 bits per heavy atom. The van der Waals surface area contributed by atoms with Gasteiger partial charge in [0.1, 0.15) is 11.6 Å².